The highest BCUT2D eigenvalue weighted by atomic mass is 127. The molecule has 0 saturated heterocycles. The molecule has 4 atom stereocenters. The first kappa shape index (κ1) is 18.4. The molecule has 0 bridgehead atoms. The molecule has 2 heterocycles. The van der Waals surface area contributed by atoms with Gasteiger partial charge in [-0.05, 0) is 73.4 Å². The normalized spacial score (nSPS) is 33.1. The van der Waals surface area contributed by atoms with Gasteiger partial charge in [0.1, 0.15) is 11.9 Å². The molecule has 4 unspecified atom stereocenters. The van der Waals surface area contributed by atoms with Gasteiger partial charge in [0, 0.05) is 38.9 Å². The van der Waals surface area contributed by atoms with E-state index in [2.05, 4.69) is 81.8 Å². The summed E-state index contributed by atoms with van der Waals surface area (Å²) in [4.78, 5) is 0. The highest BCUT2D eigenvalue weighted by molar-refractivity contribution is 14.1. The number of hydrogen-bond donors (Lipinski definition) is 0. The van der Waals surface area contributed by atoms with E-state index in [1.807, 2.05) is 0 Å². The predicted octanol–water partition coefficient (Wildman–Crippen LogP) is 6.97. The molecular formula is C29H26INO. The molecule has 3 heteroatoms. The van der Waals surface area contributed by atoms with Crippen molar-refractivity contribution in [1.29, 1.82) is 0 Å². The molecule has 2 fully saturated rings. The van der Waals surface area contributed by atoms with Crippen LogP contribution in [-0.2, 0) is 17.6 Å². The number of benzene rings is 1. The highest BCUT2D eigenvalue weighted by Gasteiger charge is 2.48. The van der Waals surface area contributed by atoms with E-state index in [-0.39, 0.29) is 6.10 Å². The number of aromatic nitrogens is 1. The lowest BCUT2D eigenvalue weighted by atomic mass is 9.68. The van der Waals surface area contributed by atoms with Gasteiger partial charge in [-0.2, -0.15) is 0 Å². The number of fused-ring (bicyclic) bond motifs is 8. The summed E-state index contributed by atoms with van der Waals surface area (Å²) in [6.45, 7) is 0. The number of nitrogens with zero attached hydrogens (tertiary/aromatic N) is 1. The van der Waals surface area contributed by atoms with Crippen LogP contribution in [0.25, 0.3) is 11.8 Å². The Morgan fingerprint density at radius 2 is 1.97 bits per heavy atom. The molecule has 5 aliphatic carbocycles. The minimum atomic E-state index is 0.150. The molecule has 2 nitrogen and oxygen atoms in total. The van der Waals surface area contributed by atoms with Crippen molar-refractivity contribution in [3.05, 3.63) is 93.6 Å². The van der Waals surface area contributed by atoms with Gasteiger partial charge in [0.15, 0.2) is 0 Å². The molecule has 1 aromatic heterocycles. The minimum Gasteiger partial charge on any atom is -0.485 e. The van der Waals surface area contributed by atoms with Crippen LogP contribution in [0.1, 0.15) is 60.5 Å². The molecule has 0 N–H and O–H groups in total. The van der Waals surface area contributed by atoms with E-state index in [1.54, 1.807) is 22.3 Å². The number of alkyl halides is 1. The molecule has 0 radical (unpaired) electrons. The Bertz CT molecular complexity index is 1310. The van der Waals surface area contributed by atoms with Gasteiger partial charge >= 0.3 is 0 Å². The lowest BCUT2D eigenvalue weighted by molar-refractivity contribution is 0.181. The largest absolute Gasteiger partial charge is 0.485 e. The van der Waals surface area contributed by atoms with Gasteiger partial charge in [-0.25, -0.2) is 0 Å². The minimum absolute atomic E-state index is 0.150. The van der Waals surface area contributed by atoms with E-state index in [0.717, 1.165) is 18.8 Å². The molecule has 1 aliphatic heterocycles. The fraction of sp³-hybridized carbons (Fsp3) is 0.379. The van der Waals surface area contributed by atoms with Crippen LogP contribution in [0.5, 0.6) is 0 Å². The van der Waals surface area contributed by atoms with Crippen molar-refractivity contribution in [1.82, 2.24) is 4.57 Å². The Kier molecular flexibility index (Phi) is 3.63. The van der Waals surface area contributed by atoms with Crippen molar-refractivity contribution in [2.45, 2.75) is 60.4 Å². The van der Waals surface area contributed by atoms with Gasteiger partial charge in [-0.1, -0.05) is 64.1 Å². The fourth-order valence-corrected chi connectivity index (χ4v) is 8.10. The fourth-order valence-electron chi connectivity index (χ4n) is 7.04. The van der Waals surface area contributed by atoms with Crippen molar-refractivity contribution in [3.63, 3.8) is 0 Å². The van der Waals surface area contributed by atoms with Crippen molar-refractivity contribution >= 4 is 28.7 Å². The third kappa shape index (κ3) is 2.31. The van der Waals surface area contributed by atoms with Crippen LogP contribution in [0.3, 0.4) is 0 Å². The topological polar surface area (TPSA) is 14.2 Å². The van der Waals surface area contributed by atoms with E-state index in [0.29, 0.717) is 9.34 Å². The van der Waals surface area contributed by atoms with Gasteiger partial charge < -0.3 is 9.30 Å². The van der Waals surface area contributed by atoms with Gasteiger partial charge in [0.25, 0.3) is 0 Å². The maximum atomic E-state index is 6.63. The summed E-state index contributed by atoms with van der Waals surface area (Å²) in [5.41, 5.74) is 12.3. The lowest BCUT2D eigenvalue weighted by Crippen LogP contribution is -2.38. The Morgan fingerprint density at radius 1 is 1.06 bits per heavy atom. The number of ether oxygens (including phenoxy) is 1. The van der Waals surface area contributed by atoms with E-state index in [1.165, 1.54) is 60.5 Å². The van der Waals surface area contributed by atoms with E-state index in [4.69, 9.17) is 4.74 Å². The molecular weight excluding hydrogens is 505 g/mol. The zero-order chi connectivity index (χ0) is 21.0. The van der Waals surface area contributed by atoms with Crippen LogP contribution >= 0.6 is 22.6 Å². The molecule has 2 saturated carbocycles. The Hall–Kier alpha value is -2.01. The van der Waals surface area contributed by atoms with Crippen LogP contribution in [0, 0.1) is 5.92 Å². The van der Waals surface area contributed by atoms with Crippen LogP contribution in [0.4, 0.5) is 0 Å². The Balaban J connectivity index is 1.40. The van der Waals surface area contributed by atoms with Crippen LogP contribution in [0.15, 0.2) is 71.0 Å². The summed E-state index contributed by atoms with van der Waals surface area (Å²) in [6, 6.07) is 11.1. The standard InChI is InChI=1S/C29H26INO/c30-29-12-11-19(29)15-21-24(16-29)31(20-5-2-1-3-6-20)23-7-4-8-25-28(27(21)23)22-13-17-9-10-18(17)14-26(22)32-25/h1-6,8,14-15,17,25,28H,7,9-13,16H2. The number of hydrogen-bond acceptors (Lipinski definition) is 1. The highest BCUT2D eigenvalue weighted by Crippen LogP contribution is 2.58. The molecule has 6 aliphatic rings. The summed E-state index contributed by atoms with van der Waals surface area (Å²) in [5, 5.41) is 0. The second kappa shape index (κ2) is 6.31. The zero-order valence-corrected chi connectivity index (χ0v) is 20.3. The average molecular weight is 531 g/mol. The lowest BCUT2D eigenvalue weighted by Gasteiger charge is -2.43. The summed E-state index contributed by atoms with van der Waals surface area (Å²) in [5.74, 6) is 2.33. The maximum Gasteiger partial charge on any atom is 0.128 e. The van der Waals surface area contributed by atoms with Gasteiger partial charge in [-0.3, -0.25) is 0 Å². The second-order valence-electron chi connectivity index (χ2n) is 10.4. The van der Waals surface area contributed by atoms with E-state index >= 15 is 0 Å². The molecule has 0 spiro atoms. The predicted molar refractivity (Wildman–Crippen MR) is 136 cm³/mol. The third-order valence-corrected chi connectivity index (χ3v) is 10.5. The van der Waals surface area contributed by atoms with Crippen molar-refractivity contribution in [3.8, 4) is 5.69 Å². The molecule has 8 rings (SSSR count). The molecule has 32 heavy (non-hydrogen) atoms. The number of halogens is 1. The molecule has 2 aromatic rings. The smallest absolute Gasteiger partial charge is 0.128 e. The zero-order valence-electron chi connectivity index (χ0n) is 18.1. The van der Waals surface area contributed by atoms with Gasteiger partial charge in [-0.15, -0.1) is 0 Å². The first-order valence-corrected chi connectivity index (χ1v) is 13.3. The number of para-hydroxylation sites is 1. The summed E-state index contributed by atoms with van der Waals surface area (Å²) >= 11 is 2.74. The van der Waals surface area contributed by atoms with Crippen molar-refractivity contribution < 1.29 is 4.74 Å². The van der Waals surface area contributed by atoms with Crippen LogP contribution in [-0.4, -0.2) is 14.1 Å². The first-order chi connectivity index (χ1) is 15.7. The number of rotatable bonds is 1. The summed E-state index contributed by atoms with van der Waals surface area (Å²) in [6.07, 6.45) is 18.4. The molecule has 0 amide bonds. The van der Waals surface area contributed by atoms with Crippen LogP contribution < -0.4 is 0 Å². The molecule has 160 valence electrons. The van der Waals surface area contributed by atoms with E-state index in [9.17, 15) is 0 Å². The van der Waals surface area contributed by atoms with Gasteiger partial charge in [0.2, 0.25) is 0 Å². The summed E-state index contributed by atoms with van der Waals surface area (Å²) in [7, 11) is 0. The average Bonchev–Trinajstić information content (AvgIpc) is 3.20. The van der Waals surface area contributed by atoms with Crippen molar-refractivity contribution in [2.24, 2.45) is 5.92 Å². The van der Waals surface area contributed by atoms with Crippen LogP contribution in [0.2, 0.25) is 0 Å². The Labute approximate surface area is 202 Å². The quantitative estimate of drug-likeness (QED) is 0.220. The van der Waals surface area contributed by atoms with Gasteiger partial charge in [0.05, 0.1) is 5.92 Å². The third-order valence-electron chi connectivity index (χ3n) is 8.92. The SMILES string of the molecule is IC12CCC1=Cc1c3c(n(-c4ccccc4)c1C2)CC=CC1OC2=C(CC4CCC4=C2)C31. The van der Waals surface area contributed by atoms with Crippen molar-refractivity contribution in [2.75, 3.05) is 0 Å². The number of allylic oxidation sites excluding steroid dienone is 4. The molecule has 1 aromatic carbocycles. The summed E-state index contributed by atoms with van der Waals surface area (Å²) < 4.78 is 9.58. The Morgan fingerprint density at radius 3 is 2.75 bits per heavy atom. The first-order valence-electron chi connectivity index (χ1n) is 12.2. The van der Waals surface area contributed by atoms with E-state index < -0.39 is 0 Å². The maximum absolute atomic E-state index is 6.63. The monoisotopic (exact) mass is 531 g/mol. The second-order valence-corrected chi connectivity index (χ2v) is 12.5.